The number of hydrogen-bond acceptors (Lipinski definition) is 7. The molecule has 9 nitrogen and oxygen atoms in total. The van der Waals surface area contributed by atoms with Gasteiger partial charge in [0.05, 0.1) is 16.9 Å². The minimum absolute atomic E-state index is 0.200. The molecule has 0 aliphatic carbocycles. The Labute approximate surface area is 227 Å². The predicted molar refractivity (Wildman–Crippen MR) is 153 cm³/mol. The highest BCUT2D eigenvalue weighted by molar-refractivity contribution is 6.12. The first-order valence-corrected chi connectivity index (χ1v) is 12.7. The standard InChI is InChI=1S/C30H31N7O2/c1-18(2)19-6-8-21(9-7-19)37-27(13-25(36-37)30(3,4)5)35-29(38)24-16-32-15-20-12-22(10-11-23(20)24)39-28-14-26(31)33-17-34-28/h6-18H,1-5H3,(H,35,38)(H2,31,33,34). The SMILES string of the molecule is CC(C)c1ccc(-n2nc(C(C)(C)C)cc2NC(=O)c2cncc3cc(Oc4cc(N)ncn4)ccc23)cc1. The summed E-state index contributed by atoms with van der Waals surface area (Å²) in [5, 5.41) is 9.39. The van der Waals surface area contributed by atoms with Crippen LogP contribution in [0.5, 0.6) is 11.6 Å². The Morgan fingerprint density at radius 3 is 2.46 bits per heavy atom. The Kier molecular flexibility index (Phi) is 6.74. The van der Waals surface area contributed by atoms with Gasteiger partial charge >= 0.3 is 0 Å². The zero-order chi connectivity index (χ0) is 27.7. The number of amides is 1. The van der Waals surface area contributed by atoms with E-state index < -0.39 is 0 Å². The minimum Gasteiger partial charge on any atom is -0.439 e. The maximum atomic E-state index is 13.6. The van der Waals surface area contributed by atoms with E-state index in [0.29, 0.717) is 34.7 Å². The lowest BCUT2D eigenvalue weighted by Gasteiger charge is -2.14. The second kappa shape index (κ2) is 10.2. The number of nitrogens with one attached hydrogen (secondary N) is 1. The first kappa shape index (κ1) is 25.8. The molecule has 39 heavy (non-hydrogen) atoms. The van der Waals surface area contributed by atoms with Crippen LogP contribution < -0.4 is 15.8 Å². The Morgan fingerprint density at radius 2 is 1.77 bits per heavy atom. The van der Waals surface area contributed by atoms with Gasteiger partial charge in [0, 0.05) is 35.3 Å². The molecule has 2 aromatic carbocycles. The molecule has 9 heteroatoms. The second-order valence-electron chi connectivity index (χ2n) is 10.7. The molecule has 0 bridgehead atoms. The summed E-state index contributed by atoms with van der Waals surface area (Å²) in [5.74, 6) is 1.90. The van der Waals surface area contributed by atoms with Gasteiger partial charge in [0.2, 0.25) is 5.88 Å². The molecule has 0 aliphatic heterocycles. The maximum Gasteiger partial charge on any atom is 0.259 e. The molecule has 5 rings (SSSR count). The van der Waals surface area contributed by atoms with Crippen molar-refractivity contribution in [2.45, 2.75) is 46.0 Å². The Bertz CT molecular complexity index is 1650. The van der Waals surface area contributed by atoms with Crippen LogP contribution in [-0.2, 0) is 5.41 Å². The number of anilines is 2. The van der Waals surface area contributed by atoms with Crippen molar-refractivity contribution in [1.82, 2.24) is 24.7 Å². The van der Waals surface area contributed by atoms with Crippen molar-refractivity contribution in [3.8, 4) is 17.3 Å². The van der Waals surface area contributed by atoms with Crippen LogP contribution in [0.2, 0.25) is 0 Å². The highest BCUT2D eigenvalue weighted by Crippen LogP contribution is 2.29. The van der Waals surface area contributed by atoms with E-state index >= 15 is 0 Å². The quantitative estimate of drug-likeness (QED) is 0.271. The molecule has 0 atom stereocenters. The highest BCUT2D eigenvalue weighted by Gasteiger charge is 2.22. The van der Waals surface area contributed by atoms with Crippen LogP contribution in [-0.4, -0.2) is 30.6 Å². The summed E-state index contributed by atoms with van der Waals surface area (Å²) in [6.07, 6.45) is 4.59. The summed E-state index contributed by atoms with van der Waals surface area (Å²) in [5.41, 5.74) is 8.93. The van der Waals surface area contributed by atoms with E-state index in [1.165, 1.54) is 18.0 Å². The topological polar surface area (TPSA) is 121 Å². The first-order valence-electron chi connectivity index (χ1n) is 12.7. The van der Waals surface area contributed by atoms with Gasteiger partial charge in [-0.05, 0) is 47.2 Å². The van der Waals surface area contributed by atoms with Crippen LogP contribution in [0.25, 0.3) is 16.5 Å². The van der Waals surface area contributed by atoms with E-state index in [1.54, 1.807) is 29.2 Å². The number of aromatic nitrogens is 5. The molecule has 0 aliphatic rings. The first-order chi connectivity index (χ1) is 18.6. The molecule has 0 fully saturated rings. The average molecular weight is 522 g/mol. The zero-order valence-electron chi connectivity index (χ0n) is 22.6. The van der Waals surface area contributed by atoms with Crippen molar-refractivity contribution in [3.05, 3.63) is 90.1 Å². The number of pyridine rings is 1. The number of carbonyl (C=O) groups is 1. The van der Waals surface area contributed by atoms with Gasteiger partial charge in [-0.2, -0.15) is 5.10 Å². The maximum absolute atomic E-state index is 13.6. The van der Waals surface area contributed by atoms with E-state index in [0.717, 1.165) is 22.2 Å². The van der Waals surface area contributed by atoms with Crippen LogP contribution in [0.3, 0.4) is 0 Å². The lowest BCUT2D eigenvalue weighted by atomic mass is 9.92. The normalized spacial score (nSPS) is 11.6. The summed E-state index contributed by atoms with van der Waals surface area (Å²) < 4.78 is 7.59. The summed E-state index contributed by atoms with van der Waals surface area (Å²) in [4.78, 5) is 25.8. The fourth-order valence-electron chi connectivity index (χ4n) is 4.15. The monoisotopic (exact) mass is 521 g/mol. The third kappa shape index (κ3) is 5.57. The molecular weight excluding hydrogens is 490 g/mol. The third-order valence-electron chi connectivity index (χ3n) is 6.38. The van der Waals surface area contributed by atoms with Gasteiger partial charge in [-0.3, -0.25) is 9.78 Å². The van der Waals surface area contributed by atoms with Gasteiger partial charge in [-0.1, -0.05) is 46.8 Å². The van der Waals surface area contributed by atoms with Gasteiger partial charge in [-0.15, -0.1) is 0 Å². The van der Waals surface area contributed by atoms with Crippen LogP contribution in [0.15, 0.2) is 73.3 Å². The molecule has 0 unspecified atom stereocenters. The van der Waals surface area contributed by atoms with Gasteiger partial charge < -0.3 is 15.8 Å². The fraction of sp³-hybridized carbons (Fsp3) is 0.233. The Balaban J connectivity index is 1.46. The third-order valence-corrected chi connectivity index (χ3v) is 6.38. The second-order valence-corrected chi connectivity index (χ2v) is 10.7. The summed E-state index contributed by atoms with van der Waals surface area (Å²) in [6, 6.07) is 17.1. The number of carbonyl (C=O) groups excluding carboxylic acids is 1. The van der Waals surface area contributed by atoms with Crippen molar-refractivity contribution in [2.75, 3.05) is 11.1 Å². The molecule has 3 heterocycles. The number of benzene rings is 2. The number of nitrogens with two attached hydrogens (primary N) is 1. The lowest BCUT2D eigenvalue weighted by molar-refractivity contribution is 0.102. The number of hydrogen-bond donors (Lipinski definition) is 2. The number of fused-ring (bicyclic) bond motifs is 1. The van der Waals surface area contributed by atoms with Crippen LogP contribution in [0, 0.1) is 0 Å². The van der Waals surface area contributed by atoms with E-state index in [1.807, 2.05) is 24.3 Å². The van der Waals surface area contributed by atoms with Gasteiger partial charge in [0.15, 0.2) is 0 Å². The predicted octanol–water partition coefficient (Wildman–Crippen LogP) is 6.26. The van der Waals surface area contributed by atoms with Gasteiger partial charge in [0.25, 0.3) is 5.91 Å². The van der Waals surface area contributed by atoms with E-state index in [-0.39, 0.29) is 11.3 Å². The van der Waals surface area contributed by atoms with Gasteiger partial charge in [0.1, 0.15) is 23.7 Å². The number of rotatable bonds is 6. The van der Waals surface area contributed by atoms with E-state index in [4.69, 9.17) is 15.6 Å². The molecule has 0 saturated carbocycles. The molecule has 0 radical (unpaired) electrons. The van der Waals surface area contributed by atoms with Crippen LogP contribution in [0.1, 0.15) is 62.2 Å². The van der Waals surface area contributed by atoms with Crippen molar-refractivity contribution >= 4 is 28.3 Å². The molecule has 198 valence electrons. The average Bonchev–Trinajstić information content (AvgIpc) is 3.32. The molecule has 1 amide bonds. The Morgan fingerprint density at radius 1 is 1.00 bits per heavy atom. The summed E-state index contributed by atoms with van der Waals surface area (Å²) in [6.45, 7) is 10.6. The molecule has 0 saturated heterocycles. The van der Waals surface area contributed by atoms with E-state index in [9.17, 15) is 4.79 Å². The van der Waals surface area contributed by atoms with Crippen molar-refractivity contribution < 1.29 is 9.53 Å². The number of nitrogens with zero attached hydrogens (tertiary/aromatic N) is 5. The molecular formula is C30H31N7O2. The fourth-order valence-corrected chi connectivity index (χ4v) is 4.15. The number of ether oxygens (including phenoxy) is 1. The largest absolute Gasteiger partial charge is 0.439 e. The number of nitrogen functional groups attached to an aromatic ring is 1. The van der Waals surface area contributed by atoms with Crippen molar-refractivity contribution in [3.63, 3.8) is 0 Å². The Hall–Kier alpha value is -4.79. The zero-order valence-corrected chi connectivity index (χ0v) is 22.6. The summed E-state index contributed by atoms with van der Waals surface area (Å²) >= 11 is 0. The lowest BCUT2D eigenvalue weighted by Crippen LogP contribution is -2.16. The van der Waals surface area contributed by atoms with Crippen LogP contribution in [0.4, 0.5) is 11.6 Å². The molecule has 0 spiro atoms. The van der Waals surface area contributed by atoms with Crippen LogP contribution >= 0.6 is 0 Å². The van der Waals surface area contributed by atoms with Crippen molar-refractivity contribution in [2.24, 2.45) is 0 Å². The summed E-state index contributed by atoms with van der Waals surface area (Å²) in [7, 11) is 0. The van der Waals surface area contributed by atoms with Crippen molar-refractivity contribution in [1.29, 1.82) is 0 Å². The molecule has 3 aromatic heterocycles. The highest BCUT2D eigenvalue weighted by atomic mass is 16.5. The molecule has 3 N–H and O–H groups in total. The van der Waals surface area contributed by atoms with E-state index in [2.05, 4.69) is 67.0 Å². The van der Waals surface area contributed by atoms with Gasteiger partial charge in [-0.25, -0.2) is 14.6 Å². The molecule has 5 aromatic rings. The minimum atomic E-state index is -0.286. The smallest absolute Gasteiger partial charge is 0.259 e.